The molecule has 1 N–H and O–H groups in total. The zero-order chi connectivity index (χ0) is 19.8. The Morgan fingerprint density at radius 2 is 1.64 bits per heavy atom. The molecule has 1 atom stereocenters. The average molecular weight is 392 g/mol. The molecule has 0 saturated carbocycles. The van der Waals surface area contributed by atoms with Crippen LogP contribution in [0.4, 0.5) is 0 Å². The molecule has 3 nitrogen and oxygen atoms in total. The van der Waals surface area contributed by atoms with Gasteiger partial charge in [0, 0.05) is 5.75 Å². The molecule has 0 fully saturated rings. The van der Waals surface area contributed by atoms with Crippen LogP contribution in [0.3, 0.4) is 0 Å². The third-order valence-electron chi connectivity index (χ3n) is 4.60. The van der Waals surface area contributed by atoms with Crippen molar-refractivity contribution in [3.63, 3.8) is 0 Å². The van der Waals surface area contributed by atoms with Gasteiger partial charge in [0.1, 0.15) is 5.75 Å². The van der Waals surface area contributed by atoms with E-state index in [0.29, 0.717) is 5.75 Å². The monoisotopic (exact) mass is 391 g/mol. The summed E-state index contributed by atoms with van der Waals surface area (Å²) in [7, 11) is 1.66. The molecule has 0 aliphatic rings. The summed E-state index contributed by atoms with van der Waals surface area (Å²) in [5.74, 6) is 2.09. The van der Waals surface area contributed by atoms with Crippen LogP contribution in [-0.4, -0.2) is 18.8 Å². The lowest BCUT2D eigenvalue weighted by Gasteiger charge is -2.21. The molecule has 0 heterocycles. The second-order valence-corrected chi connectivity index (χ2v) is 7.59. The predicted octanol–water partition coefficient (Wildman–Crippen LogP) is 5.14. The number of amides is 1. The van der Waals surface area contributed by atoms with Crippen LogP contribution in [0.15, 0.2) is 78.9 Å². The Morgan fingerprint density at radius 3 is 2.32 bits per heavy atom. The van der Waals surface area contributed by atoms with E-state index in [4.69, 9.17) is 4.74 Å². The maximum absolute atomic E-state index is 12.7. The van der Waals surface area contributed by atoms with Crippen molar-refractivity contribution in [2.75, 3.05) is 12.9 Å². The molecule has 0 aliphatic heterocycles. The van der Waals surface area contributed by atoms with Crippen LogP contribution in [0.5, 0.6) is 5.75 Å². The number of aryl methyl sites for hydroxylation is 1. The Bertz CT molecular complexity index is 894. The van der Waals surface area contributed by atoms with Crippen LogP contribution in [0, 0.1) is 6.92 Å². The van der Waals surface area contributed by atoms with E-state index in [1.165, 1.54) is 11.1 Å². The number of hydrogen-bond donors (Lipinski definition) is 1. The summed E-state index contributed by atoms with van der Waals surface area (Å²) in [5.41, 5.74) is 4.56. The van der Waals surface area contributed by atoms with Gasteiger partial charge in [0.05, 0.1) is 18.9 Å². The van der Waals surface area contributed by atoms with Gasteiger partial charge >= 0.3 is 0 Å². The number of methoxy groups -OCH3 is 1. The molecule has 0 bridgehead atoms. The lowest BCUT2D eigenvalue weighted by Crippen LogP contribution is -2.31. The molecule has 4 heteroatoms. The fourth-order valence-electron chi connectivity index (χ4n) is 3.08. The second-order valence-electron chi connectivity index (χ2n) is 6.61. The molecule has 0 aliphatic carbocycles. The third kappa shape index (κ3) is 5.40. The number of ether oxygens (including phenoxy) is 1. The normalized spacial score (nSPS) is 11.6. The fraction of sp³-hybridized carbons (Fsp3) is 0.208. The number of carbonyl (C=O) groups is 1. The Hall–Kier alpha value is -2.72. The second kappa shape index (κ2) is 10.00. The minimum atomic E-state index is -0.142. The van der Waals surface area contributed by atoms with Gasteiger partial charge in [-0.3, -0.25) is 4.79 Å². The zero-order valence-electron chi connectivity index (χ0n) is 16.2. The molecular formula is C24H25NO2S. The predicted molar refractivity (Wildman–Crippen MR) is 117 cm³/mol. The number of thioether (sulfide) groups is 1. The maximum atomic E-state index is 12.7. The zero-order valence-corrected chi connectivity index (χ0v) is 17.0. The summed E-state index contributed by atoms with van der Waals surface area (Å²) in [5, 5.41) is 3.22. The Morgan fingerprint density at radius 1 is 0.964 bits per heavy atom. The highest BCUT2D eigenvalue weighted by molar-refractivity contribution is 7.99. The van der Waals surface area contributed by atoms with Gasteiger partial charge in [-0.25, -0.2) is 0 Å². The van der Waals surface area contributed by atoms with E-state index in [-0.39, 0.29) is 11.9 Å². The van der Waals surface area contributed by atoms with Crippen molar-refractivity contribution < 1.29 is 9.53 Å². The first-order valence-electron chi connectivity index (χ1n) is 9.28. The van der Waals surface area contributed by atoms with Crippen LogP contribution in [-0.2, 0) is 10.5 Å². The van der Waals surface area contributed by atoms with E-state index in [9.17, 15) is 4.79 Å². The van der Waals surface area contributed by atoms with E-state index in [1.54, 1.807) is 18.9 Å². The minimum absolute atomic E-state index is 0.0376. The van der Waals surface area contributed by atoms with Crippen molar-refractivity contribution in [2.24, 2.45) is 0 Å². The number of nitrogens with one attached hydrogen (secondary N) is 1. The standard InChI is InChI=1S/C24H25NO2S/c1-18-8-6-7-11-22(18)24(20-9-4-3-5-10-20)25-23(26)17-28-16-19-12-14-21(27-2)15-13-19/h3-15,24H,16-17H2,1-2H3,(H,25,26)/t24-/m0/s1. The third-order valence-corrected chi connectivity index (χ3v) is 5.60. The summed E-state index contributed by atoms with van der Waals surface area (Å²) < 4.78 is 5.18. The molecule has 0 aromatic heterocycles. The van der Waals surface area contributed by atoms with Crippen molar-refractivity contribution in [3.8, 4) is 5.75 Å². The quantitative estimate of drug-likeness (QED) is 0.578. The summed E-state index contributed by atoms with van der Waals surface area (Å²) in [6, 6.07) is 26.1. The van der Waals surface area contributed by atoms with Crippen molar-refractivity contribution in [3.05, 3.63) is 101 Å². The molecule has 3 rings (SSSR count). The Labute approximate surface area is 171 Å². The molecular weight excluding hydrogens is 366 g/mol. The molecule has 28 heavy (non-hydrogen) atoms. The van der Waals surface area contributed by atoms with Gasteiger partial charge in [-0.2, -0.15) is 0 Å². The van der Waals surface area contributed by atoms with Crippen molar-refractivity contribution in [2.45, 2.75) is 18.7 Å². The lowest BCUT2D eigenvalue weighted by molar-refractivity contribution is -0.119. The molecule has 0 saturated heterocycles. The topological polar surface area (TPSA) is 38.3 Å². The van der Waals surface area contributed by atoms with Crippen LogP contribution >= 0.6 is 11.8 Å². The van der Waals surface area contributed by atoms with E-state index in [1.807, 2.05) is 54.6 Å². The SMILES string of the molecule is COc1ccc(CSCC(=O)N[C@@H](c2ccccc2)c2ccccc2C)cc1. The van der Waals surface area contributed by atoms with Crippen LogP contribution < -0.4 is 10.1 Å². The van der Waals surface area contributed by atoms with Crippen LogP contribution in [0.1, 0.15) is 28.3 Å². The molecule has 1 amide bonds. The highest BCUT2D eigenvalue weighted by atomic mass is 32.2. The lowest BCUT2D eigenvalue weighted by atomic mass is 9.95. The first-order chi connectivity index (χ1) is 13.7. The molecule has 3 aromatic carbocycles. The molecule has 0 spiro atoms. The van der Waals surface area contributed by atoms with Crippen molar-refractivity contribution >= 4 is 17.7 Å². The largest absolute Gasteiger partial charge is 0.497 e. The van der Waals surface area contributed by atoms with Gasteiger partial charge in [0.15, 0.2) is 0 Å². The number of carbonyl (C=O) groups excluding carboxylic acids is 1. The number of hydrogen-bond acceptors (Lipinski definition) is 3. The van der Waals surface area contributed by atoms with Crippen LogP contribution in [0.2, 0.25) is 0 Å². The van der Waals surface area contributed by atoms with Gasteiger partial charge in [-0.15, -0.1) is 11.8 Å². The van der Waals surface area contributed by atoms with Crippen molar-refractivity contribution in [1.29, 1.82) is 0 Å². The fourth-order valence-corrected chi connectivity index (χ4v) is 3.88. The molecule has 3 aromatic rings. The van der Waals surface area contributed by atoms with E-state index in [0.717, 1.165) is 22.6 Å². The smallest absolute Gasteiger partial charge is 0.230 e. The Kier molecular flexibility index (Phi) is 7.15. The molecule has 0 radical (unpaired) electrons. The Balaban J connectivity index is 1.63. The summed E-state index contributed by atoms with van der Waals surface area (Å²) in [6.45, 7) is 2.08. The van der Waals surface area contributed by atoms with Crippen molar-refractivity contribution in [1.82, 2.24) is 5.32 Å². The molecule has 0 unspecified atom stereocenters. The minimum Gasteiger partial charge on any atom is -0.497 e. The van der Waals surface area contributed by atoms with Gasteiger partial charge < -0.3 is 10.1 Å². The van der Waals surface area contributed by atoms with E-state index in [2.05, 4.69) is 36.5 Å². The number of rotatable bonds is 8. The van der Waals surface area contributed by atoms with Gasteiger partial charge in [-0.05, 0) is 41.3 Å². The van der Waals surface area contributed by atoms with Gasteiger partial charge in [0.25, 0.3) is 0 Å². The summed E-state index contributed by atoms with van der Waals surface area (Å²) in [4.78, 5) is 12.7. The first kappa shape index (κ1) is 20.0. The highest BCUT2D eigenvalue weighted by Gasteiger charge is 2.18. The number of benzene rings is 3. The van der Waals surface area contributed by atoms with Crippen LogP contribution in [0.25, 0.3) is 0 Å². The highest BCUT2D eigenvalue weighted by Crippen LogP contribution is 2.25. The summed E-state index contributed by atoms with van der Waals surface area (Å²) >= 11 is 1.61. The maximum Gasteiger partial charge on any atom is 0.230 e. The van der Waals surface area contributed by atoms with E-state index >= 15 is 0 Å². The first-order valence-corrected chi connectivity index (χ1v) is 10.4. The van der Waals surface area contributed by atoms with Gasteiger partial charge in [-0.1, -0.05) is 66.7 Å². The summed E-state index contributed by atoms with van der Waals surface area (Å²) in [6.07, 6.45) is 0. The molecule has 144 valence electrons. The average Bonchev–Trinajstić information content (AvgIpc) is 2.74. The van der Waals surface area contributed by atoms with Gasteiger partial charge in [0.2, 0.25) is 5.91 Å². The van der Waals surface area contributed by atoms with E-state index < -0.39 is 0 Å².